The molecule has 9 heteroatoms. The van der Waals surface area contributed by atoms with Crippen LogP contribution in [-0.2, 0) is 22.7 Å². The highest BCUT2D eigenvalue weighted by atomic mass is 16.4. The molecular formula is C20H24N4O5. The molecule has 2 aliphatic rings. The maximum absolute atomic E-state index is 13.0. The number of carbonyl (C=O) groups is 3. The van der Waals surface area contributed by atoms with E-state index in [0.717, 1.165) is 19.3 Å². The Morgan fingerprint density at radius 2 is 2.03 bits per heavy atom. The molecule has 2 aliphatic carbocycles. The van der Waals surface area contributed by atoms with E-state index in [1.807, 2.05) is 6.92 Å². The van der Waals surface area contributed by atoms with E-state index in [0.29, 0.717) is 18.0 Å². The van der Waals surface area contributed by atoms with Crippen molar-refractivity contribution >= 4 is 23.5 Å². The number of hydrogen-bond acceptors (Lipinski definition) is 5. The number of furan rings is 1. The van der Waals surface area contributed by atoms with Gasteiger partial charge < -0.3 is 20.2 Å². The molecule has 0 unspecified atom stereocenters. The van der Waals surface area contributed by atoms with Crippen LogP contribution in [0.3, 0.4) is 0 Å². The molecule has 0 aliphatic heterocycles. The zero-order chi connectivity index (χ0) is 20.5. The first-order chi connectivity index (χ1) is 14.0. The molecule has 29 heavy (non-hydrogen) atoms. The molecule has 0 radical (unpaired) electrons. The highest BCUT2D eigenvalue weighted by Gasteiger charge is 2.54. The number of nitrogens with zero attached hydrogens (tertiary/aromatic N) is 2. The summed E-state index contributed by atoms with van der Waals surface area (Å²) in [4.78, 5) is 37.3. The fourth-order valence-corrected chi connectivity index (χ4v) is 4.75. The molecule has 2 aromatic rings. The zero-order valence-corrected chi connectivity index (χ0v) is 16.1. The number of aliphatic carboxylic acids is 1. The summed E-state index contributed by atoms with van der Waals surface area (Å²) >= 11 is 0. The summed E-state index contributed by atoms with van der Waals surface area (Å²) in [6.45, 7) is 2.60. The van der Waals surface area contributed by atoms with Crippen molar-refractivity contribution in [3.63, 3.8) is 0 Å². The van der Waals surface area contributed by atoms with Gasteiger partial charge in [0, 0.05) is 12.7 Å². The molecule has 4 atom stereocenters. The van der Waals surface area contributed by atoms with Crippen molar-refractivity contribution in [2.24, 2.45) is 23.7 Å². The van der Waals surface area contributed by atoms with Crippen LogP contribution in [-0.4, -0.2) is 32.7 Å². The van der Waals surface area contributed by atoms with Gasteiger partial charge in [0.05, 0.1) is 30.3 Å². The van der Waals surface area contributed by atoms with Gasteiger partial charge in [0.15, 0.2) is 5.69 Å². The van der Waals surface area contributed by atoms with Crippen molar-refractivity contribution < 1.29 is 23.9 Å². The summed E-state index contributed by atoms with van der Waals surface area (Å²) in [6, 6.07) is 3.47. The average Bonchev–Trinajstić information content (AvgIpc) is 3.49. The average molecular weight is 400 g/mol. The molecule has 154 valence electrons. The SMILES string of the molecule is CCn1cc(NC(=O)[C@H]2[C@H]3CC[C@@H](C3)[C@H]2C(=O)O)c(C(=O)NCc2ccco2)n1. The monoisotopic (exact) mass is 400 g/mol. The maximum Gasteiger partial charge on any atom is 0.307 e. The van der Waals surface area contributed by atoms with Crippen LogP contribution in [0.4, 0.5) is 5.69 Å². The van der Waals surface area contributed by atoms with Gasteiger partial charge in [0.1, 0.15) is 5.76 Å². The highest BCUT2D eigenvalue weighted by molar-refractivity contribution is 6.03. The van der Waals surface area contributed by atoms with Crippen LogP contribution in [0, 0.1) is 23.7 Å². The highest BCUT2D eigenvalue weighted by Crippen LogP contribution is 2.52. The number of carboxylic acids is 1. The Labute approximate surface area is 167 Å². The number of anilines is 1. The first-order valence-corrected chi connectivity index (χ1v) is 9.89. The van der Waals surface area contributed by atoms with Gasteiger partial charge in [-0.3, -0.25) is 19.1 Å². The summed E-state index contributed by atoms with van der Waals surface area (Å²) in [6.07, 6.45) is 5.63. The predicted octanol–water partition coefficient (Wildman–Crippen LogP) is 2.11. The van der Waals surface area contributed by atoms with Crippen LogP contribution in [0.15, 0.2) is 29.0 Å². The van der Waals surface area contributed by atoms with Crippen molar-refractivity contribution in [2.45, 2.75) is 39.3 Å². The van der Waals surface area contributed by atoms with Crippen LogP contribution < -0.4 is 10.6 Å². The third kappa shape index (κ3) is 3.64. The molecular weight excluding hydrogens is 376 g/mol. The first-order valence-electron chi connectivity index (χ1n) is 9.89. The van der Waals surface area contributed by atoms with Crippen molar-refractivity contribution in [3.05, 3.63) is 36.0 Å². The van der Waals surface area contributed by atoms with Crippen LogP contribution in [0.2, 0.25) is 0 Å². The van der Waals surface area contributed by atoms with E-state index in [9.17, 15) is 19.5 Å². The van der Waals surface area contributed by atoms with Crippen molar-refractivity contribution in [1.29, 1.82) is 0 Å². The molecule has 0 saturated heterocycles. The Hall–Kier alpha value is -3.10. The third-order valence-electron chi connectivity index (χ3n) is 6.07. The second kappa shape index (κ2) is 7.73. The summed E-state index contributed by atoms with van der Waals surface area (Å²) < 4.78 is 6.77. The summed E-state index contributed by atoms with van der Waals surface area (Å²) in [5, 5.41) is 19.4. The van der Waals surface area contributed by atoms with Gasteiger partial charge >= 0.3 is 5.97 Å². The van der Waals surface area contributed by atoms with Gasteiger partial charge in [-0.1, -0.05) is 0 Å². The molecule has 0 aromatic carbocycles. The second-order valence-corrected chi connectivity index (χ2v) is 7.72. The standard InChI is InChI=1S/C20H24N4O5/c1-2-24-10-14(17(23-24)19(26)21-9-13-4-3-7-29-13)22-18(25)15-11-5-6-12(8-11)16(15)20(27)28/h3-4,7,10-12,15-16H,2,5-6,8-9H2,1H3,(H,21,26)(H,22,25)(H,27,28)/t11-,12-,15-,16+/m0/s1. The summed E-state index contributed by atoms with van der Waals surface area (Å²) in [5.74, 6) is -2.20. The van der Waals surface area contributed by atoms with Crippen LogP contribution >= 0.6 is 0 Å². The smallest absolute Gasteiger partial charge is 0.307 e. The fraction of sp³-hybridized carbons (Fsp3) is 0.500. The summed E-state index contributed by atoms with van der Waals surface area (Å²) in [7, 11) is 0. The van der Waals surface area contributed by atoms with E-state index >= 15 is 0 Å². The van der Waals surface area contributed by atoms with E-state index < -0.39 is 23.7 Å². The lowest BCUT2D eigenvalue weighted by Gasteiger charge is -2.26. The van der Waals surface area contributed by atoms with Gasteiger partial charge in [-0.05, 0) is 50.2 Å². The molecule has 2 bridgehead atoms. The van der Waals surface area contributed by atoms with Gasteiger partial charge in [-0.15, -0.1) is 0 Å². The van der Waals surface area contributed by atoms with Gasteiger partial charge in [0.25, 0.3) is 5.91 Å². The third-order valence-corrected chi connectivity index (χ3v) is 6.07. The van der Waals surface area contributed by atoms with Crippen molar-refractivity contribution in [3.8, 4) is 0 Å². The largest absolute Gasteiger partial charge is 0.481 e. The maximum atomic E-state index is 13.0. The van der Waals surface area contributed by atoms with Gasteiger partial charge in [0.2, 0.25) is 5.91 Å². The van der Waals surface area contributed by atoms with Crippen LogP contribution in [0.5, 0.6) is 0 Å². The lowest BCUT2D eigenvalue weighted by Crippen LogP contribution is -2.38. The first kappa shape index (κ1) is 19.2. The molecule has 2 amide bonds. The second-order valence-electron chi connectivity index (χ2n) is 7.72. The molecule has 2 saturated carbocycles. The van der Waals surface area contributed by atoms with Gasteiger partial charge in [-0.2, -0.15) is 5.10 Å². The number of carbonyl (C=O) groups excluding carboxylic acids is 2. The van der Waals surface area contributed by atoms with Gasteiger partial charge in [-0.25, -0.2) is 0 Å². The number of fused-ring (bicyclic) bond motifs is 2. The quantitative estimate of drug-likeness (QED) is 0.653. The molecule has 9 nitrogen and oxygen atoms in total. The fourth-order valence-electron chi connectivity index (χ4n) is 4.75. The van der Waals surface area contributed by atoms with E-state index in [-0.39, 0.29) is 30.0 Å². The molecule has 0 spiro atoms. The minimum absolute atomic E-state index is 0.0580. The normalized spacial score (nSPS) is 25.1. The number of aromatic nitrogens is 2. The van der Waals surface area contributed by atoms with E-state index in [1.165, 1.54) is 6.26 Å². The molecule has 2 fully saturated rings. The molecule has 2 heterocycles. The molecule has 2 aromatic heterocycles. The number of nitrogens with one attached hydrogen (secondary N) is 2. The lowest BCUT2D eigenvalue weighted by molar-refractivity contribution is -0.148. The number of aryl methyl sites for hydroxylation is 1. The Balaban J connectivity index is 1.50. The predicted molar refractivity (Wildman–Crippen MR) is 102 cm³/mol. The van der Waals surface area contributed by atoms with E-state index in [1.54, 1.807) is 23.0 Å². The Morgan fingerprint density at radius 1 is 1.28 bits per heavy atom. The number of carboxylic acid groups (broad SMARTS) is 1. The molecule has 4 rings (SSSR count). The Kier molecular flexibility index (Phi) is 5.12. The zero-order valence-electron chi connectivity index (χ0n) is 16.1. The number of amides is 2. The van der Waals surface area contributed by atoms with Crippen LogP contribution in [0.25, 0.3) is 0 Å². The Bertz CT molecular complexity index is 919. The van der Waals surface area contributed by atoms with Crippen LogP contribution in [0.1, 0.15) is 42.4 Å². The molecule has 3 N–H and O–H groups in total. The number of hydrogen-bond donors (Lipinski definition) is 3. The van der Waals surface area contributed by atoms with E-state index in [4.69, 9.17) is 4.42 Å². The van der Waals surface area contributed by atoms with Crippen molar-refractivity contribution in [2.75, 3.05) is 5.32 Å². The lowest BCUT2D eigenvalue weighted by atomic mass is 9.78. The van der Waals surface area contributed by atoms with Crippen molar-refractivity contribution in [1.82, 2.24) is 15.1 Å². The minimum Gasteiger partial charge on any atom is -0.481 e. The Morgan fingerprint density at radius 3 is 2.69 bits per heavy atom. The minimum atomic E-state index is -0.919. The number of rotatable bonds is 7. The topological polar surface area (TPSA) is 126 Å². The summed E-state index contributed by atoms with van der Waals surface area (Å²) in [5.41, 5.74) is 0.391. The van der Waals surface area contributed by atoms with E-state index in [2.05, 4.69) is 15.7 Å².